The second-order valence-electron chi connectivity index (χ2n) is 8.27. The lowest BCUT2D eigenvalue weighted by Gasteiger charge is -2.32. The maximum absolute atomic E-state index is 13.2. The predicted molar refractivity (Wildman–Crippen MR) is 112 cm³/mol. The highest BCUT2D eigenvalue weighted by Gasteiger charge is 2.31. The number of aromatic nitrogens is 3. The maximum Gasteiger partial charge on any atom is 0.271 e. The molecule has 0 bridgehead atoms. The van der Waals surface area contributed by atoms with E-state index in [1.165, 1.54) is 6.07 Å². The maximum atomic E-state index is 13.2. The van der Waals surface area contributed by atoms with Gasteiger partial charge in [0.15, 0.2) is 9.84 Å². The third-order valence-electron chi connectivity index (χ3n) is 5.99. The largest absolute Gasteiger partial charge is 0.338 e. The quantitative estimate of drug-likeness (QED) is 0.520. The van der Waals surface area contributed by atoms with E-state index >= 15 is 0 Å². The Morgan fingerprint density at radius 1 is 1.13 bits per heavy atom. The molecule has 4 rings (SSSR count). The first kappa shape index (κ1) is 21.4. The average molecular weight is 448 g/mol. The highest BCUT2D eigenvalue weighted by molar-refractivity contribution is 7.90. The van der Waals surface area contributed by atoms with Crippen molar-refractivity contribution >= 4 is 21.4 Å². The molecule has 0 N–H and O–H groups in total. The van der Waals surface area contributed by atoms with Gasteiger partial charge in [-0.05, 0) is 31.7 Å². The molecule has 0 saturated carbocycles. The number of aryl methyl sites for hydroxylation is 1. The Morgan fingerprint density at radius 3 is 2.68 bits per heavy atom. The molecular formula is C20H25N5O5S. The number of likely N-dealkylation sites (tertiary alicyclic amines) is 1. The molecule has 1 aromatic carbocycles. The van der Waals surface area contributed by atoms with E-state index in [0.29, 0.717) is 13.1 Å². The van der Waals surface area contributed by atoms with Gasteiger partial charge in [-0.2, -0.15) is 0 Å². The van der Waals surface area contributed by atoms with E-state index in [1.54, 1.807) is 4.90 Å². The van der Waals surface area contributed by atoms with Gasteiger partial charge in [-0.1, -0.05) is 6.42 Å². The number of hydrogen-bond donors (Lipinski definition) is 0. The predicted octanol–water partition coefficient (Wildman–Crippen LogP) is 2.34. The van der Waals surface area contributed by atoms with Gasteiger partial charge in [0.05, 0.1) is 9.82 Å². The number of nitro benzene ring substituents is 1. The van der Waals surface area contributed by atoms with Crippen molar-refractivity contribution in [2.75, 3.05) is 19.3 Å². The zero-order chi connectivity index (χ0) is 22.2. The monoisotopic (exact) mass is 447 g/mol. The molecule has 1 fully saturated rings. The number of carbonyl (C=O) groups excluding carboxylic acids is 1. The normalized spacial score (nSPS) is 19.5. The third-order valence-corrected chi connectivity index (χ3v) is 7.08. The van der Waals surface area contributed by atoms with Crippen molar-refractivity contribution in [3.63, 3.8) is 0 Å². The van der Waals surface area contributed by atoms with E-state index in [4.69, 9.17) is 0 Å². The fourth-order valence-electron chi connectivity index (χ4n) is 4.39. The number of amides is 1. The second kappa shape index (κ2) is 8.37. The summed E-state index contributed by atoms with van der Waals surface area (Å²) in [5, 5.41) is 20.0. The number of piperidine rings is 1. The molecule has 11 heteroatoms. The molecule has 0 radical (unpaired) electrons. The summed E-state index contributed by atoms with van der Waals surface area (Å²) in [6, 6.07) is 3.34. The van der Waals surface area contributed by atoms with E-state index in [-0.39, 0.29) is 16.4 Å². The van der Waals surface area contributed by atoms with Crippen molar-refractivity contribution in [3.05, 3.63) is 45.5 Å². The first-order valence-electron chi connectivity index (χ1n) is 10.4. The minimum atomic E-state index is -3.70. The van der Waals surface area contributed by atoms with E-state index in [2.05, 4.69) is 14.8 Å². The summed E-state index contributed by atoms with van der Waals surface area (Å²) in [4.78, 5) is 25.2. The van der Waals surface area contributed by atoms with Crippen molar-refractivity contribution in [2.45, 2.75) is 55.9 Å². The van der Waals surface area contributed by atoms with Gasteiger partial charge in [-0.15, -0.1) is 10.2 Å². The lowest BCUT2D eigenvalue weighted by Crippen LogP contribution is -2.40. The van der Waals surface area contributed by atoms with E-state index in [9.17, 15) is 23.3 Å². The van der Waals surface area contributed by atoms with Crippen LogP contribution in [0.25, 0.3) is 0 Å². The smallest absolute Gasteiger partial charge is 0.271 e. The summed E-state index contributed by atoms with van der Waals surface area (Å²) in [5.41, 5.74) is -0.405. The van der Waals surface area contributed by atoms with Crippen LogP contribution in [0, 0.1) is 10.1 Å². The lowest BCUT2D eigenvalue weighted by atomic mass is 9.96. The van der Waals surface area contributed by atoms with Crippen LogP contribution in [0.1, 0.15) is 60.0 Å². The van der Waals surface area contributed by atoms with E-state index in [0.717, 1.165) is 75.1 Å². The zero-order valence-corrected chi connectivity index (χ0v) is 18.2. The van der Waals surface area contributed by atoms with Crippen LogP contribution >= 0.6 is 0 Å². The summed E-state index contributed by atoms with van der Waals surface area (Å²) in [6.45, 7) is 1.81. The molecule has 10 nitrogen and oxygen atoms in total. The molecular weight excluding hydrogens is 422 g/mol. The number of carbonyl (C=O) groups is 1. The number of non-ortho nitro benzene ring substituents is 1. The van der Waals surface area contributed by atoms with Crippen LogP contribution in [0.3, 0.4) is 0 Å². The van der Waals surface area contributed by atoms with Crippen molar-refractivity contribution in [2.24, 2.45) is 0 Å². The van der Waals surface area contributed by atoms with Crippen LogP contribution in [0.15, 0.2) is 23.1 Å². The highest BCUT2D eigenvalue weighted by Crippen LogP contribution is 2.30. The standard InChI is InChI=1S/C20H25N5O5S/c1-31(29,30)17-11-15(10-16(12-17)25(27)28)20(26)23-8-5-6-14(13-23)19-22-21-18-7-3-2-4-9-24(18)19/h10-12,14H,2-9,13H2,1H3. The van der Waals surface area contributed by atoms with Crippen LogP contribution in [0.2, 0.25) is 0 Å². The third kappa shape index (κ3) is 4.46. The van der Waals surface area contributed by atoms with E-state index in [1.807, 2.05) is 0 Å². The van der Waals surface area contributed by atoms with Crippen molar-refractivity contribution in [1.82, 2.24) is 19.7 Å². The summed E-state index contributed by atoms with van der Waals surface area (Å²) in [7, 11) is -3.70. The van der Waals surface area contributed by atoms with Crippen molar-refractivity contribution in [3.8, 4) is 0 Å². The molecule has 3 heterocycles. The Morgan fingerprint density at radius 2 is 1.94 bits per heavy atom. The van der Waals surface area contributed by atoms with E-state index < -0.39 is 26.4 Å². The molecule has 1 atom stereocenters. The van der Waals surface area contributed by atoms with Gasteiger partial charge >= 0.3 is 0 Å². The zero-order valence-electron chi connectivity index (χ0n) is 17.4. The van der Waals surface area contributed by atoms with Crippen molar-refractivity contribution in [1.29, 1.82) is 0 Å². The van der Waals surface area contributed by atoms with Gasteiger partial charge in [-0.3, -0.25) is 14.9 Å². The van der Waals surface area contributed by atoms with Gasteiger partial charge in [0.2, 0.25) is 0 Å². The molecule has 0 spiro atoms. The highest BCUT2D eigenvalue weighted by atomic mass is 32.2. The van der Waals surface area contributed by atoms with Crippen LogP contribution in [0.4, 0.5) is 5.69 Å². The van der Waals surface area contributed by atoms with Crippen molar-refractivity contribution < 1.29 is 18.1 Å². The molecule has 1 aromatic heterocycles. The fourth-order valence-corrected chi connectivity index (χ4v) is 5.07. The minimum absolute atomic E-state index is 0.00958. The Labute approximate surface area is 180 Å². The number of hydrogen-bond acceptors (Lipinski definition) is 7. The Hall–Kier alpha value is -2.82. The summed E-state index contributed by atoms with van der Waals surface area (Å²) in [5.74, 6) is 1.51. The van der Waals surface area contributed by atoms with Gasteiger partial charge < -0.3 is 9.47 Å². The average Bonchev–Trinajstić information content (AvgIpc) is 3.00. The van der Waals surface area contributed by atoms with Gasteiger partial charge in [-0.25, -0.2) is 8.42 Å². The summed E-state index contributed by atoms with van der Waals surface area (Å²) >= 11 is 0. The molecule has 2 aliphatic heterocycles. The Balaban J connectivity index is 1.61. The topological polar surface area (TPSA) is 128 Å². The lowest BCUT2D eigenvalue weighted by molar-refractivity contribution is -0.385. The number of sulfone groups is 1. The number of nitro groups is 1. The molecule has 166 valence electrons. The number of rotatable bonds is 4. The SMILES string of the molecule is CS(=O)(=O)c1cc(C(=O)N2CCCC(c3nnc4n3CCCCC4)C2)cc([N+](=O)[O-])c1. The summed E-state index contributed by atoms with van der Waals surface area (Å²) < 4.78 is 26.1. The molecule has 0 aliphatic carbocycles. The van der Waals surface area contributed by atoms with Crippen LogP contribution < -0.4 is 0 Å². The molecule has 1 saturated heterocycles. The second-order valence-corrected chi connectivity index (χ2v) is 10.3. The minimum Gasteiger partial charge on any atom is -0.338 e. The number of benzene rings is 1. The van der Waals surface area contributed by atoms with Crippen LogP contribution in [-0.2, 0) is 22.8 Å². The van der Waals surface area contributed by atoms with Gasteiger partial charge in [0.25, 0.3) is 11.6 Å². The fraction of sp³-hybridized carbons (Fsp3) is 0.550. The Bertz CT molecular complexity index is 1130. The molecule has 1 amide bonds. The molecule has 31 heavy (non-hydrogen) atoms. The summed E-state index contributed by atoms with van der Waals surface area (Å²) in [6.07, 6.45) is 6.86. The first-order valence-corrected chi connectivity index (χ1v) is 12.3. The number of nitrogens with zero attached hydrogens (tertiary/aromatic N) is 5. The molecule has 2 aliphatic rings. The molecule has 2 aromatic rings. The van der Waals surface area contributed by atoms with Gasteiger partial charge in [0, 0.05) is 55.9 Å². The molecule has 1 unspecified atom stereocenters. The Kier molecular flexibility index (Phi) is 5.78. The number of fused-ring (bicyclic) bond motifs is 1. The van der Waals surface area contributed by atoms with Crippen LogP contribution in [-0.4, -0.2) is 58.3 Å². The first-order chi connectivity index (χ1) is 14.7. The van der Waals surface area contributed by atoms with Crippen LogP contribution in [0.5, 0.6) is 0 Å². The van der Waals surface area contributed by atoms with Gasteiger partial charge in [0.1, 0.15) is 11.6 Å².